The van der Waals surface area contributed by atoms with E-state index < -0.39 is 41.1 Å². The maximum Gasteiger partial charge on any atom is 0.312 e. The molecule has 1 aromatic carbocycles. The number of amides is 2. The number of carbonyl (C=O) groups excluding carboxylic acids is 3. The third-order valence-corrected chi connectivity index (χ3v) is 9.43. The number of allylic oxidation sites excluding steroid dienone is 1. The molecule has 3 fully saturated rings. The third kappa shape index (κ3) is 5.23. The molecule has 1 aromatic rings. The number of hydrogen-bond acceptors (Lipinski definition) is 6. The van der Waals surface area contributed by atoms with Gasteiger partial charge in [-0.15, -0.1) is 13.2 Å². The molecule has 3 unspecified atom stereocenters. The molecule has 3 aliphatic rings. The lowest BCUT2D eigenvalue weighted by atomic mass is 9.62. The van der Waals surface area contributed by atoms with Crippen LogP contribution in [0.3, 0.4) is 0 Å². The van der Waals surface area contributed by atoms with Crippen LogP contribution in [-0.2, 0) is 23.9 Å². The number of anilines is 1. The summed E-state index contributed by atoms with van der Waals surface area (Å²) in [6, 6.07) is 5.31. The minimum absolute atomic E-state index is 0.127. The highest BCUT2D eigenvalue weighted by Crippen LogP contribution is 2.66. The number of para-hydroxylation sites is 1. The van der Waals surface area contributed by atoms with Crippen LogP contribution in [0.25, 0.3) is 0 Å². The van der Waals surface area contributed by atoms with Crippen LogP contribution in [0.4, 0.5) is 5.69 Å². The molecule has 0 saturated carbocycles. The Balaban J connectivity index is 1.84. The highest BCUT2D eigenvalue weighted by Gasteiger charge is 2.80. The standard InChI is InChI=1S/C32H43ClN2O6/c1-7-9-12-16-40-30(39)26-25-28(37)35(22(19-36)17-20(3)4)27(32(25)18-21(5)31(26,6)41-32)29(38)34(15-8-2)24-14-11-10-13-23(24)33/h7-8,10-11,13-14,20-22,25-27,36H,1-2,9,12,15-19H2,3-6H3/t21?,22-,25+,26-,27?,31+,32?/m1/s1. The van der Waals surface area contributed by atoms with E-state index in [1.54, 1.807) is 36.4 Å². The summed E-state index contributed by atoms with van der Waals surface area (Å²) < 4.78 is 12.5. The van der Waals surface area contributed by atoms with Gasteiger partial charge < -0.3 is 24.4 Å². The third-order valence-electron chi connectivity index (χ3n) is 9.11. The molecule has 4 rings (SSSR count). The van der Waals surface area contributed by atoms with Crippen LogP contribution in [0.1, 0.15) is 53.4 Å². The van der Waals surface area contributed by atoms with E-state index in [4.69, 9.17) is 21.1 Å². The number of aliphatic hydroxyl groups excluding tert-OH is 1. The van der Waals surface area contributed by atoms with E-state index in [2.05, 4.69) is 13.2 Å². The Morgan fingerprint density at radius 1 is 1.29 bits per heavy atom. The topological polar surface area (TPSA) is 96.4 Å². The van der Waals surface area contributed by atoms with Crippen LogP contribution < -0.4 is 4.90 Å². The molecular weight excluding hydrogens is 544 g/mol. The summed E-state index contributed by atoms with van der Waals surface area (Å²) in [5.74, 6) is -3.01. The van der Waals surface area contributed by atoms with Crippen molar-refractivity contribution in [3.63, 3.8) is 0 Å². The Morgan fingerprint density at radius 3 is 2.61 bits per heavy atom. The van der Waals surface area contributed by atoms with E-state index in [0.717, 1.165) is 0 Å². The van der Waals surface area contributed by atoms with Crippen molar-refractivity contribution < 1.29 is 29.0 Å². The van der Waals surface area contributed by atoms with Crippen molar-refractivity contribution in [3.05, 3.63) is 54.6 Å². The lowest BCUT2D eigenvalue weighted by molar-refractivity contribution is -0.162. The predicted octanol–water partition coefficient (Wildman–Crippen LogP) is 4.79. The molecule has 3 heterocycles. The van der Waals surface area contributed by atoms with E-state index in [-0.39, 0.29) is 43.4 Å². The number of hydrogen-bond donors (Lipinski definition) is 1. The number of fused-ring (bicyclic) bond motifs is 1. The van der Waals surface area contributed by atoms with Gasteiger partial charge in [0.05, 0.1) is 41.5 Å². The van der Waals surface area contributed by atoms with Gasteiger partial charge in [0.2, 0.25) is 5.91 Å². The summed E-state index contributed by atoms with van der Waals surface area (Å²) in [6.07, 6.45) is 5.59. The average molecular weight is 587 g/mol. The zero-order valence-corrected chi connectivity index (χ0v) is 25.3. The summed E-state index contributed by atoms with van der Waals surface area (Å²) in [4.78, 5) is 45.9. The van der Waals surface area contributed by atoms with Crippen molar-refractivity contribution in [1.82, 2.24) is 4.90 Å². The molecule has 3 aliphatic heterocycles. The van der Waals surface area contributed by atoms with Gasteiger partial charge in [-0.05, 0) is 56.6 Å². The van der Waals surface area contributed by atoms with Crippen LogP contribution >= 0.6 is 11.6 Å². The minimum Gasteiger partial charge on any atom is -0.465 e. The SMILES string of the molecule is C=CCCCOC(=O)[C@H]1[C@H]2C(=O)N([C@@H](CO)CC(C)C)C(C(=O)N(CC=C)c3ccccc3Cl)C23CC(C)[C@]1(C)O3. The van der Waals surface area contributed by atoms with Crippen molar-refractivity contribution in [3.8, 4) is 0 Å². The lowest BCUT2D eigenvalue weighted by Gasteiger charge is -2.40. The van der Waals surface area contributed by atoms with Crippen molar-refractivity contribution in [2.75, 3.05) is 24.7 Å². The molecule has 9 heteroatoms. The molecular formula is C32H43ClN2O6. The number of ether oxygens (including phenoxy) is 2. The lowest BCUT2D eigenvalue weighted by Crippen LogP contribution is -2.59. The van der Waals surface area contributed by atoms with Crippen LogP contribution in [0.5, 0.6) is 0 Å². The molecule has 41 heavy (non-hydrogen) atoms. The van der Waals surface area contributed by atoms with Crippen molar-refractivity contribution in [2.24, 2.45) is 23.7 Å². The van der Waals surface area contributed by atoms with E-state index in [9.17, 15) is 19.5 Å². The molecule has 3 saturated heterocycles. The first-order chi connectivity index (χ1) is 19.5. The Hall–Kier alpha value is -2.68. The molecule has 1 spiro atoms. The fourth-order valence-electron chi connectivity index (χ4n) is 7.27. The smallest absolute Gasteiger partial charge is 0.312 e. The molecule has 2 bridgehead atoms. The first-order valence-corrected chi connectivity index (χ1v) is 14.9. The molecule has 0 aromatic heterocycles. The Bertz CT molecular complexity index is 1190. The van der Waals surface area contributed by atoms with Gasteiger partial charge in [-0.25, -0.2) is 0 Å². The highest BCUT2D eigenvalue weighted by molar-refractivity contribution is 6.34. The predicted molar refractivity (Wildman–Crippen MR) is 158 cm³/mol. The zero-order valence-electron chi connectivity index (χ0n) is 24.6. The zero-order chi connectivity index (χ0) is 30.1. The summed E-state index contributed by atoms with van der Waals surface area (Å²) in [6.45, 7) is 15.4. The summed E-state index contributed by atoms with van der Waals surface area (Å²) in [5.41, 5.74) is -1.76. The molecule has 8 nitrogen and oxygen atoms in total. The normalized spacial score (nSPS) is 30.8. The van der Waals surface area contributed by atoms with Crippen molar-refractivity contribution in [1.29, 1.82) is 0 Å². The molecule has 7 atom stereocenters. The Labute approximate surface area is 248 Å². The summed E-state index contributed by atoms with van der Waals surface area (Å²) in [7, 11) is 0. The second-order valence-corrected chi connectivity index (χ2v) is 12.6. The first kappa shape index (κ1) is 31.3. The van der Waals surface area contributed by atoms with Crippen molar-refractivity contribution in [2.45, 2.75) is 76.7 Å². The van der Waals surface area contributed by atoms with Crippen molar-refractivity contribution >= 4 is 35.1 Å². The Kier molecular flexibility index (Phi) is 9.36. The minimum atomic E-state index is -1.27. The number of likely N-dealkylation sites (tertiary alicyclic amines) is 1. The molecule has 1 N–H and O–H groups in total. The number of halogens is 1. The van der Waals surface area contributed by atoms with Gasteiger partial charge in [-0.3, -0.25) is 14.4 Å². The monoisotopic (exact) mass is 586 g/mol. The van der Waals surface area contributed by atoms with Gasteiger partial charge in [0, 0.05) is 6.54 Å². The van der Waals surface area contributed by atoms with E-state index in [0.29, 0.717) is 36.4 Å². The first-order valence-electron chi connectivity index (χ1n) is 14.6. The summed E-state index contributed by atoms with van der Waals surface area (Å²) in [5, 5.41) is 10.9. The van der Waals surface area contributed by atoms with E-state index in [1.165, 1.54) is 9.80 Å². The fraction of sp³-hybridized carbons (Fsp3) is 0.594. The number of esters is 1. The number of rotatable bonds is 13. The van der Waals surface area contributed by atoms with Gasteiger partial charge in [0.25, 0.3) is 5.91 Å². The van der Waals surface area contributed by atoms with Crippen LogP contribution in [-0.4, -0.2) is 70.8 Å². The van der Waals surface area contributed by atoms with E-state index >= 15 is 0 Å². The molecule has 0 aliphatic carbocycles. The van der Waals surface area contributed by atoms with E-state index in [1.807, 2.05) is 27.7 Å². The second kappa shape index (κ2) is 12.3. The fourth-order valence-corrected chi connectivity index (χ4v) is 7.51. The number of benzene rings is 1. The maximum absolute atomic E-state index is 14.7. The number of unbranched alkanes of at least 4 members (excludes halogenated alkanes) is 1. The molecule has 2 amide bonds. The number of aliphatic hydroxyl groups is 1. The second-order valence-electron chi connectivity index (χ2n) is 12.2. The Morgan fingerprint density at radius 2 is 2.00 bits per heavy atom. The van der Waals surface area contributed by atoms with Gasteiger partial charge >= 0.3 is 5.97 Å². The van der Waals surface area contributed by atoms with Crippen LogP contribution in [0.2, 0.25) is 5.02 Å². The number of carbonyl (C=O) groups is 3. The maximum atomic E-state index is 14.7. The summed E-state index contributed by atoms with van der Waals surface area (Å²) >= 11 is 6.55. The van der Waals surface area contributed by atoms with Gasteiger partial charge in [0.15, 0.2) is 0 Å². The van der Waals surface area contributed by atoms with Gasteiger partial charge in [-0.2, -0.15) is 0 Å². The largest absolute Gasteiger partial charge is 0.465 e. The molecule has 224 valence electrons. The number of nitrogens with zero attached hydrogens (tertiary/aromatic N) is 2. The average Bonchev–Trinajstić information content (AvgIpc) is 3.45. The van der Waals surface area contributed by atoms with Gasteiger partial charge in [-0.1, -0.05) is 56.7 Å². The highest BCUT2D eigenvalue weighted by atomic mass is 35.5. The quantitative estimate of drug-likeness (QED) is 0.203. The molecule has 0 radical (unpaired) electrons. The van der Waals surface area contributed by atoms with Gasteiger partial charge in [0.1, 0.15) is 17.6 Å². The van der Waals surface area contributed by atoms with Crippen LogP contribution in [0, 0.1) is 23.7 Å². The van der Waals surface area contributed by atoms with Crippen LogP contribution in [0.15, 0.2) is 49.6 Å².